The van der Waals surface area contributed by atoms with E-state index in [2.05, 4.69) is 10.3 Å². The van der Waals surface area contributed by atoms with E-state index >= 15 is 0 Å². The van der Waals surface area contributed by atoms with Gasteiger partial charge in [-0.3, -0.25) is 4.98 Å². The molecular weight excluding hydrogens is 254 g/mol. The van der Waals surface area contributed by atoms with Crippen molar-refractivity contribution in [3.8, 4) is 0 Å². The summed E-state index contributed by atoms with van der Waals surface area (Å²) in [6, 6.07) is 7.62. The lowest BCUT2D eigenvalue weighted by atomic mass is 10.1. The van der Waals surface area contributed by atoms with Crippen molar-refractivity contribution in [3.05, 3.63) is 42.2 Å². The van der Waals surface area contributed by atoms with Crippen molar-refractivity contribution >= 4 is 16.9 Å². The Morgan fingerprint density at radius 3 is 2.75 bits per heavy atom. The Labute approximate surface area is 118 Å². The number of aromatic nitrogens is 1. The summed E-state index contributed by atoms with van der Waals surface area (Å²) >= 11 is 0. The highest BCUT2D eigenvalue weighted by Gasteiger charge is 2.18. The average Bonchev–Trinajstić information content (AvgIpc) is 2.35. The molecule has 106 valence electrons. The Bertz CT molecular complexity index is 620. The van der Waals surface area contributed by atoms with E-state index < -0.39 is 17.9 Å². The van der Waals surface area contributed by atoms with Gasteiger partial charge in [-0.25, -0.2) is 4.79 Å². The van der Waals surface area contributed by atoms with Crippen LogP contribution < -0.4 is 11.1 Å². The van der Waals surface area contributed by atoms with Crippen molar-refractivity contribution in [1.82, 2.24) is 10.3 Å². The maximum atomic E-state index is 11.7. The lowest BCUT2D eigenvalue weighted by Crippen LogP contribution is -2.38. The van der Waals surface area contributed by atoms with Gasteiger partial charge in [0.05, 0.1) is 0 Å². The number of pyridine rings is 1. The van der Waals surface area contributed by atoms with E-state index in [4.69, 9.17) is 10.5 Å². The zero-order chi connectivity index (χ0) is 14.8. The number of nitrogens with one attached hydrogen (secondary N) is 1. The molecule has 0 spiro atoms. The van der Waals surface area contributed by atoms with Gasteiger partial charge in [0.25, 0.3) is 0 Å². The summed E-state index contributed by atoms with van der Waals surface area (Å²) in [5.41, 5.74) is 6.25. The fraction of sp³-hybridized carbons (Fsp3) is 0.333. The molecule has 5 heteroatoms. The number of carbonyl (C=O) groups excluding carboxylic acids is 1. The van der Waals surface area contributed by atoms with Gasteiger partial charge in [-0.15, -0.1) is 0 Å². The number of ether oxygens (including phenoxy) is 1. The quantitative estimate of drug-likeness (QED) is 0.825. The molecule has 1 atom stereocenters. The Balaban J connectivity index is 2.11. The molecule has 0 bridgehead atoms. The van der Waals surface area contributed by atoms with Crippen LogP contribution in [0.2, 0.25) is 0 Å². The van der Waals surface area contributed by atoms with E-state index in [1.807, 2.05) is 24.3 Å². The highest BCUT2D eigenvalue weighted by Crippen LogP contribution is 2.17. The summed E-state index contributed by atoms with van der Waals surface area (Å²) < 4.78 is 5.18. The van der Waals surface area contributed by atoms with Crippen molar-refractivity contribution in [1.29, 1.82) is 0 Å². The maximum absolute atomic E-state index is 11.7. The molecule has 2 rings (SSSR count). The van der Waals surface area contributed by atoms with Crippen LogP contribution in [-0.4, -0.2) is 16.7 Å². The number of hydrogen-bond donors (Lipinski definition) is 2. The van der Waals surface area contributed by atoms with E-state index in [-0.39, 0.29) is 0 Å². The molecule has 1 unspecified atom stereocenters. The first kappa shape index (κ1) is 14.3. The molecule has 20 heavy (non-hydrogen) atoms. The minimum atomic E-state index is -0.609. The normalized spacial score (nSPS) is 13.0. The second-order valence-electron chi connectivity index (χ2n) is 5.61. The van der Waals surface area contributed by atoms with Crippen molar-refractivity contribution in [2.75, 3.05) is 0 Å². The van der Waals surface area contributed by atoms with Crippen LogP contribution in [0.15, 0.2) is 36.7 Å². The Morgan fingerprint density at radius 1 is 1.30 bits per heavy atom. The molecule has 5 nitrogen and oxygen atoms in total. The lowest BCUT2D eigenvalue weighted by Gasteiger charge is -2.22. The van der Waals surface area contributed by atoms with Gasteiger partial charge in [0.2, 0.25) is 0 Å². The summed E-state index contributed by atoms with van der Waals surface area (Å²) in [4.78, 5) is 15.7. The Kier molecular flexibility index (Phi) is 3.90. The van der Waals surface area contributed by atoms with Gasteiger partial charge >= 0.3 is 6.09 Å². The lowest BCUT2D eigenvalue weighted by molar-refractivity contribution is 0.0505. The number of carbonyl (C=O) groups is 1. The maximum Gasteiger partial charge on any atom is 0.409 e. The number of alkyl carbamates (subject to hydrolysis) is 1. The number of hydrogen-bond acceptors (Lipinski definition) is 4. The molecule has 0 aliphatic rings. The van der Waals surface area contributed by atoms with Crippen LogP contribution >= 0.6 is 0 Å². The van der Waals surface area contributed by atoms with Crippen LogP contribution in [0.4, 0.5) is 4.79 Å². The standard InChI is InChI=1S/C15H19N3O2/c1-15(2,3)20-14(19)18-13(16)11-4-5-12-9-17-7-6-10(12)8-11/h4-9,13H,16H2,1-3H3,(H,18,19). The van der Waals surface area contributed by atoms with Crippen molar-refractivity contribution < 1.29 is 9.53 Å². The van der Waals surface area contributed by atoms with Crippen LogP contribution in [0.3, 0.4) is 0 Å². The van der Waals surface area contributed by atoms with E-state index in [0.29, 0.717) is 0 Å². The Hall–Kier alpha value is -2.14. The number of nitrogens with zero attached hydrogens (tertiary/aromatic N) is 1. The molecule has 0 saturated carbocycles. The predicted octanol–water partition coefficient (Wildman–Crippen LogP) is 2.72. The molecular formula is C15H19N3O2. The fourth-order valence-electron chi connectivity index (χ4n) is 1.81. The van der Waals surface area contributed by atoms with Crippen molar-refractivity contribution in [2.24, 2.45) is 5.73 Å². The third kappa shape index (κ3) is 3.68. The van der Waals surface area contributed by atoms with Gasteiger partial charge < -0.3 is 15.8 Å². The minimum absolute atomic E-state index is 0.528. The number of fused-ring (bicyclic) bond motifs is 1. The van der Waals surface area contributed by atoms with E-state index in [1.54, 1.807) is 33.2 Å². The van der Waals surface area contributed by atoms with Gasteiger partial charge in [0, 0.05) is 17.8 Å². The summed E-state index contributed by atoms with van der Waals surface area (Å²) in [6.45, 7) is 5.42. The number of rotatable bonds is 2. The van der Waals surface area contributed by atoms with Crippen molar-refractivity contribution in [2.45, 2.75) is 32.5 Å². The Morgan fingerprint density at radius 2 is 2.05 bits per heavy atom. The molecule has 0 aliphatic heterocycles. The molecule has 1 aromatic carbocycles. The molecule has 0 fully saturated rings. The summed E-state index contributed by atoms with van der Waals surface area (Å²) in [5.74, 6) is 0. The van der Waals surface area contributed by atoms with Crippen LogP contribution in [0.25, 0.3) is 10.8 Å². The summed E-state index contributed by atoms with van der Waals surface area (Å²) in [6.07, 6.45) is 2.37. The van der Waals surface area contributed by atoms with Crippen LogP contribution in [0.5, 0.6) is 0 Å². The summed E-state index contributed by atoms with van der Waals surface area (Å²) in [5, 5.41) is 4.67. The highest BCUT2D eigenvalue weighted by atomic mass is 16.6. The largest absolute Gasteiger partial charge is 0.444 e. The fourth-order valence-corrected chi connectivity index (χ4v) is 1.81. The SMILES string of the molecule is CC(C)(C)OC(=O)NC(N)c1ccc2cnccc2c1. The third-order valence-corrected chi connectivity index (χ3v) is 2.70. The van der Waals surface area contributed by atoms with E-state index in [1.165, 1.54) is 0 Å². The van der Waals surface area contributed by atoms with Crippen LogP contribution in [-0.2, 0) is 4.74 Å². The van der Waals surface area contributed by atoms with E-state index in [0.717, 1.165) is 16.3 Å². The molecule has 2 aromatic rings. The molecule has 0 radical (unpaired) electrons. The molecule has 0 aliphatic carbocycles. The molecule has 3 N–H and O–H groups in total. The molecule has 1 aromatic heterocycles. The van der Waals surface area contributed by atoms with Gasteiger partial charge in [0.15, 0.2) is 0 Å². The third-order valence-electron chi connectivity index (χ3n) is 2.70. The highest BCUT2D eigenvalue weighted by molar-refractivity contribution is 5.82. The number of amides is 1. The first-order valence-corrected chi connectivity index (χ1v) is 6.44. The van der Waals surface area contributed by atoms with Crippen molar-refractivity contribution in [3.63, 3.8) is 0 Å². The number of nitrogens with two attached hydrogens (primary N) is 1. The molecule has 1 amide bonds. The zero-order valence-corrected chi connectivity index (χ0v) is 11.9. The molecule has 0 saturated heterocycles. The van der Waals surface area contributed by atoms with Crippen LogP contribution in [0.1, 0.15) is 32.5 Å². The second-order valence-corrected chi connectivity index (χ2v) is 5.61. The topological polar surface area (TPSA) is 77.2 Å². The van der Waals surface area contributed by atoms with Gasteiger partial charge in [-0.05, 0) is 43.9 Å². The smallest absolute Gasteiger partial charge is 0.409 e. The first-order chi connectivity index (χ1) is 9.35. The van der Waals surface area contributed by atoms with E-state index in [9.17, 15) is 4.79 Å². The van der Waals surface area contributed by atoms with Crippen LogP contribution in [0, 0.1) is 0 Å². The second kappa shape index (κ2) is 5.46. The predicted molar refractivity (Wildman–Crippen MR) is 78.0 cm³/mol. The number of benzene rings is 1. The molecule has 1 heterocycles. The van der Waals surface area contributed by atoms with Gasteiger partial charge in [0.1, 0.15) is 11.8 Å². The average molecular weight is 273 g/mol. The van der Waals surface area contributed by atoms with Gasteiger partial charge in [-0.2, -0.15) is 0 Å². The van der Waals surface area contributed by atoms with Gasteiger partial charge in [-0.1, -0.05) is 12.1 Å². The first-order valence-electron chi connectivity index (χ1n) is 6.44. The monoisotopic (exact) mass is 273 g/mol. The minimum Gasteiger partial charge on any atom is -0.444 e. The summed E-state index contributed by atoms with van der Waals surface area (Å²) in [7, 11) is 0. The zero-order valence-electron chi connectivity index (χ0n) is 11.9.